The lowest BCUT2D eigenvalue weighted by molar-refractivity contribution is -0.137. The van der Waals surface area contributed by atoms with Gasteiger partial charge in [-0.05, 0) is 0 Å². The summed E-state index contributed by atoms with van der Waals surface area (Å²) in [5, 5.41) is 6.72. The molecule has 0 aromatic carbocycles. The van der Waals surface area contributed by atoms with Gasteiger partial charge >= 0.3 is 0 Å². The molecule has 2 N–H and O–H groups in total. The Bertz CT molecular complexity index is 290. The summed E-state index contributed by atoms with van der Waals surface area (Å²) in [6.45, 7) is 4.80. The first-order valence-electron chi connectivity index (χ1n) is 5.78. The molecule has 3 aliphatic rings. The molecule has 1 atom stereocenters. The molecule has 3 rings (SSSR count). The van der Waals surface area contributed by atoms with Gasteiger partial charge in [-0.3, -0.25) is 10.1 Å². The Kier molecular flexibility index (Phi) is 2.83. The Balaban J connectivity index is 1.58. The molecule has 3 aliphatic heterocycles. The van der Waals surface area contributed by atoms with Crippen molar-refractivity contribution >= 4 is 17.7 Å². The monoisotopic (exact) mass is 243 g/mol. The van der Waals surface area contributed by atoms with Crippen LogP contribution in [-0.4, -0.2) is 66.9 Å². The maximum absolute atomic E-state index is 12.2. The van der Waals surface area contributed by atoms with E-state index in [0.717, 1.165) is 31.9 Å². The van der Waals surface area contributed by atoms with Crippen molar-refractivity contribution in [3.05, 3.63) is 0 Å². The lowest BCUT2D eigenvalue weighted by Gasteiger charge is -2.39. The van der Waals surface area contributed by atoms with Crippen molar-refractivity contribution in [1.29, 1.82) is 0 Å². The highest BCUT2D eigenvalue weighted by Gasteiger charge is 2.46. The van der Waals surface area contributed by atoms with Gasteiger partial charge in [0.2, 0.25) is 5.91 Å². The minimum absolute atomic E-state index is 0.00481. The number of morpholine rings is 1. The van der Waals surface area contributed by atoms with Crippen molar-refractivity contribution in [2.24, 2.45) is 0 Å². The van der Waals surface area contributed by atoms with E-state index in [-0.39, 0.29) is 16.8 Å². The van der Waals surface area contributed by atoms with Gasteiger partial charge in [0.05, 0.1) is 24.1 Å². The zero-order valence-corrected chi connectivity index (χ0v) is 10.0. The van der Waals surface area contributed by atoms with Crippen LogP contribution >= 0.6 is 11.8 Å². The Morgan fingerprint density at radius 1 is 1.38 bits per heavy atom. The molecular weight excluding hydrogens is 226 g/mol. The fourth-order valence-corrected chi connectivity index (χ4v) is 3.68. The number of carbonyl (C=O) groups excluding carboxylic acids is 1. The molecule has 0 radical (unpaired) electrons. The van der Waals surface area contributed by atoms with E-state index >= 15 is 0 Å². The highest BCUT2D eigenvalue weighted by Crippen LogP contribution is 2.33. The minimum atomic E-state index is 0.00481. The molecule has 0 aliphatic carbocycles. The highest BCUT2D eigenvalue weighted by atomic mass is 32.2. The summed E-state index contributed by atoms with van der Waals surface area (Å²) in [7, 11) is 0. The van der Waals surface area contributed by atoms with Gasteiger partial charge in [-0.25, -0.2) is 0 Å². The molecule has 3 fully saturated rings. The standard InChI is InChI=1S/C10H17N3O2S/c14-9(13-1-3-15-4-2-13)8-5-16-10(12-8)6-11-7-10/h8,11-12H,1-7H2/t8-/m0/s1. The Morgan fingerprint density at radius 2 is 2.12 bits per heavy atom. The van der Waals surface area contributed by atoms with Crippen LogP contribution in [0.4, 0.5) is 0 Å². The molecule has 0 aromatic rings. The van der Waals surface area contributed by atoms with Crippen LogP contribution in [0.25, 0.3) is 0 Å². The van der Waals surface area contributed by atoms with Crippen molar-refractivity contribution in [3.63, 3.8) is 0 Å². The topological polar surface area (TPSA) is 53.6 Å². The predicted octanol–water partition coefficient (Wildman–Crippen LogP) is -1.15. The number of carbonyl (C=O) groups is 1. The van der Waals surface area contributed by atoms with E-state index in [9.17, 15) is 4.79 Å². The fourth-order valence-electron chi connectivity index (χ4n) is 2.34. The molecule has 1 amide bonds. The van der Waals surface area contributed by atoms with Crippen LogP contribution in [-0.2, 0) is 9.53 Å². The van der Waals surface area contributed by atoms with E-state index in [1.165, 1.54) is 0 Å². The first kappa shape index (κ1) is 10.8. The molecule has 16 heavy (non-hydrogen) atoms. The number of hydrogen-bond acceptors (Lipinski definition) is 5. The number of nitrogens with zero attached hydrogens (tertiary/aromatic N) is 1. The number of rotatable bonds is 1. The SMILES string of the molecule is O=C([C@@H]1CSC2(CNC2)N1)N1CCOCC1. The second-order valence-corrected chi connectivity index (χ2v) is 5.95. The van der Waals surface area contributed by atoms with Crippen molar-refractivity contribution in [2.75, 3.05) is 45.1 Å². The van der Waals surface area contributed by atoms with Crippen molar-refractivity contribution in [2.45, 2.75) is 10.9 Å². The number of nitrogens with one attached hydrogen (secondary N) is 2. The van der Waals surface area contributed by atoms with Crippen LogP contribution in [0.3, 0.4) is 0 Å². The van der Waals surface area contributed by atoms with Gasteiger partial charge in [0.15, 0.2) is 0 Å². The Morgan fingerprint density at radius 3 is 2.69 bits per heavy atom. The number of hydrogen-bond donors (Lipinski definition) is 2. The molecule has 6 heteroatoms. The van der Waals surface area contributed by atoms with Crippen molar-refractivity contribution in [1.82, 2.24) is 15.5 Å². The third kappa shape index (κ3) is 1.84. The van der Waals surface area contributed by atoms with Gasteiger partial charge in [0.1, 0.15) is 0 Å². The van der Waals surface area contributed by atoms with Crippen LogP contribution in [0.1, 0.15) is 0 Å². The molecule has 3 saturated heterocycles. The predicted molar refractivity (Wildman–Crippen MR) is 62.4 cm³/mol. The lowest BCUT2D eigenvalue weighted by Crippen LogP contribution is -2.65. The van der Waals surface area contributed by atoms with Gasteiger partial charge < -0.3 is 15.0 Å². The summed E-state index contributed by atoms with van der Waals surface area (Å²) < 4.78 is 5.26. The maximum Gasteiger partial charge on any atom is 0.240 e. The Labute approximate surface area is 99.3 Å². The lowest BCUT2D eigenvalue weighted by atomic mass is 10.1. The average molecular weight is 243 g/mol. The quantitative estimate of drug-likeness (QED) is 0.609. The maximum atomic E-state index is 12.2. The first-order valence-corrected chi connectivity index (χ1v) is 6.77. The summed E-state index contributed by atoms with van der Waals surface area (Å²) in [5.41, 5.74) is 0. The van der Waals surface area contributed by atoms with E-state index in [0.29, 0.717) is 13.2 Å². The van der Waals surface area contributed by atoms with E-state index in [1.54, 1.807) is 0 Å². The largest absolute Gasteiger partial charge is 0.378 e. The molecular formula is C10H17N3O2S. The van der Waals surface area contributed by atoms with E-state index in [2.05, 4.69) is 10.6 Å². The molecule has 3 heterocycles. The molecule has 5 nitrogen and oxygen atoms in total. The zero-order valence-electron chi connectivity index (χ0n) is 9.20. The highest BCUT2D eigenvalue weighted by molar-refractivity contribution is 8.01. The van der Waals surface area contributed by atoms with Crippen LogP contribution in [0.2, 0.25) is 0 Å². The van der Waals surface area contributed by atoms with E-state index in [4.69, 9.17) is 4.74 Å². The van der Waals surface area contributed by atoms with Crippen LogP contribution in [0.5, 0.6) is 0 Å². The van der Waals surface area contributed by atoms with Gasteiger partial charge in [-0.15, -0.1) is 11.8 Å². The summed E-state index contributed by atoms with van der Waals surface area (Å²) in [6, 6.07) is 0.00481. The molecule has 90 valence electrons. The number of thioether (sulfide) groups is 1. The molecule has 0 aromatic heterocycles. The summed E-state index contributed by atoms with van der Waals surface area (Å²) >= 11 is 1.88. The third-order valence-electron chi connectivity index (χ3n) is 3.41. The van der Waals surface area contributed by atoms with Crippen LogP contribution < -0.4 is 10.6 Å². The van der Waals surface area contributed by atoms with Gasteiger partial charge in [0.25, 0.3) is 0 Å². The number of ether oxygens (including phenoxy) is 1. The smallest absolute Gasteiger partial charge is 0.240 e. The third-order valence-corrected chi connectivity index (χ3v) is 4.86. The zero-order chi connectivity index (χ0) is 11.0. The van der Waals surface area contributed by atoms with Gasteiger partial charge in [0, 0.05) is 31.9 Å². The molecule has 1 spiro atoms. The Hall–Kier alpha value is -0.300. The molecule has 0 saturated carbocycles. The van der Waals surface area contributed by atoms with Crippen LogP contribution in [0.15, 0.2) is 0 Å². The normalized spacial score (nSPS) is 32.8. The van der Waals surface area contributed by atoms with Gasteiger partial charge in [-0.2, -0.15) is 0 Å². The summed E-state index contributed by atoms with van der Waals surface area (Å²) in [4.78, 5) is 14.3. The first-order chi connectivity index (χ1) is 7.79. The van der Waals surface area contributed by atoms with E-state index < -0.39 is 0 Å². The van der Waals surface area contributed by atoms with E-state index in [1.807, 2.05) is 16.7 Å². The number of amides is 1. The molecule has 0 unspecified atom stereocenters. The summed E-state index contributed by atoms with van der Waals surface area (Å²) in [6.07, 6.45) is 0. The fraction of sp³-hybridized carbons (Fsp3) is 0.900. The van der Waals surface area contributed by atoms with Gasteiger partial charge in [-0.1, -0.05) is 0 Å². The second kappa shape index (κ2) is 4.18. The summed E-state index contributed by atoms with van der Waals surface area (Å²) in [5.74, 6) is 1.15. The van der Waals surface area contributed by atoms with Crippen molar-refractivity contribution in [3.8, 4) is 0 Å². The minimum Gasteiger partial charge on any atom is -0.378 e. The average Bonchev–Trinajstić information content (AvgIpc) is 2.74. The van der Waals surface area contributed by atoms with Crippen molar-refractivity contribution < 1.29 is 9.53 Å². The second-order valence-electron chi connectivity index (χ2n) is 4.54. The van der Waals surface area contributed by atoms with Crippen LogP contribution in [0, 0.1) is 0 Å². The molecule has 0 bridgehead atoms.